The van der Waals surface area contributed by atoms with Crippen LogP contribution in [0.2, 0.25) is 0 Å². The van der Waals surface area contributed by atoms with Crippen molar-refractivity contribution in [2.75, 3.05) is 44.2 Å². The minimum absolute atomic E-state index is 0.392. The van der Waals surface area contributed by atoms with Gasteiger partial charge in [0.05, 0.1) is 11.5 Å². The van der Waals surface area contributed by atoms with Gasteiger partial charge in [0.15, 0.2) is 0 Å². The van der Waals surface area contributed by atoms with Crippen molar-refractivity contribution in [1.82, 2.24) is 15.1 Å². The van der Waals surface area contributed by atoms with Gasteiger partial charge < -0.3 is 15.1 Å². The van der Waals surface area contributed by atoms with Gasteiger partial charge in [-0.3, -0.25) is 0 Å². The summed E-state index contributed by atoms with van der Waals surface area (Å²) in [6, 6.07) is 1.69. The summed E-state index contributed by atoms with van der Waals surface area (Å²) >= 11 is 0. The Balaban J connectivity index is 1.36. The summed E-state index contributed by atoms with van der Waals surface area (Å²) in [6.45, 7) is 8.31. The molecule has 3 aliphatic rings. The summed E-state index contributed by atoms with van der Waals surface area (Å²) < 4.78 is 23.2. The Morgan fingerprint density at radius 2 is 1.52 bits per heavy atom. The van der Waals surface area contributed by atoms with Crippen molar-refractivity contribution in [3.8, 4) is 0 Å². The highest BCUT2D eigenvalue weighted by atomic mass is 32.2. The highest BCUT2D eigenvalue weighted by Gasteiger charge is 2.30. The Morgan fingerprint density at radius 1 is 0.920 bits per heavy atom. The molecule has 3 saturated heterocycles. The van der Waals surface area contributed by atoms with Gasteiger partial charge in [0, 0.05) is 24.7 Å². The molecule has 0 bridgehead atoms. The molecule has 0 aliphatic carbocycles. The maximum absolute atomic E-state index is 11.6. The molecule has 0 amide bonds. The number of likely N-dealkylation sites (tertiary alicyclic amines) is 2. The molecule has 3 heterocycles. The Hall–Kier alpha value is -0.170. The van der Waals surface area contributed by atoms with E-state index in [1.54, 1.807) is 0 Å². The first-order valence-electron chi connectivity index (χ1n) is 10.4. The monoisotopic (exact) mass is 371 g/mol. The number of hydrogen-bond donors (Lipinski definition) is 1. The number of rotatable bonds is 5. The maximum atomic E-state index is 11.6. The summed E-state index contributed by atoms with van der Waals surface area (Å²) in [5.74, 6) is 0.783. The van der Waals surface area contributed by atoms with Crippen LogP contribution in [-0.2, 0) is 9.84 Å². The summed E-state index contributed by atoms with van der Waals surface area (Å²) in [5.41, 5.74) is 0. The molecule has 3 fully saturated rings. The third kappa shape index (κ3) is 6.19. The molecule has 0 spiro atoms. The van der Waals surface area contributed by atoms with Crippen LogP contribution in [0, 0.1) is 0 Å². The molecule has 3 rings (SSSR count). The molecule has 3 aliphatic heterocycles. The van der Waals surface area contributed by atoms with Crippen molar-refractivity contribution in [3.05, 3.63) is 0 Å². The zero-order valence-electron chi connectivity index (χ0n) is 16.0. The molecule has 1 atom stereocenters. The first kappa shape index (κ1) is 19.6. The van der Waals surface area contributed by atoms with Gasteiger partial charge in [0.2, 0.25) is 0 Å². The Kier molecular flexibility index (Phi) is 7.17. The number of sulfone groups is 1. The smallest absolute Gasteiger partial charge is 0.150 e. The second kappa shape index (κ2) is 9.16. The van der Waals surface area contributed by atoms with E-state index < -0.39 is 9.84 Å². The molecule has 1 unspecified atom stereocenters. The van der Waals surface area contributed by atoms with Crippen LogP contribution in [0.15, 0.2) is 0 Å². The number of hydrogen-bond acceptors (Lipinski definition) is 5. The number of piperidine rings is 1. The van der Waals surface area contributed by atoms with Gasteiger partial charge in [-0.25, -0.2) is 8.42 Å². The fourth-order valence-corrected chi connectivity index (χ4v) is 6.30. The summed E-state index contributed by atoms with van der Waals surface area (Å²) in [4.78, 5) is 5.19. The van der Waals surface area contributed by atoms with Gasteiger partial charge >= 0.3 is 0 Å². The standard InChI is InChI=1S/C19H37N3O2S/c1-17(16-21-10-4-2-3-5-11-21)20-18-6-12-22(13-7-18)19-8-14-25(23,24)15-9-19/h17-20H,2-16H2,1H3. The lowest BCUT2D eigenvalue weighted by Crippen LogP contribution is -2.51. The first-order valence-corrected chi connectivity index (χ1v) is 12.3. The van der Waals surface area contributed by atoms with E-state index in [0.29, 0.717) is 29.6 Å². The van der Waals surface area contributed by atoms with Gasteiger partial charge in [-0.1, -0.05) is 12.8 Å². The van der Waals surface area contributed by atoms with E-state index in [9.17, 15) is 8.42 Å². The average Bonchev–Trinajstić information content (AvgIpc) is 2.84. The lowest BCUT2D eigenvalue weighted by atomic mass is 10.00. The van der Waals surface area contributed by atoms with Crippen LogP contribution in [0.5, 0.6) is 0 Å². The normalized spacial score (nSPS) is 29.3. The zero-order chi connectivity index (χ0) is 17.7. The van der Waals surface area contributed by atoms with Crippen molar-refractivity contribution in [3.63, 3.8) is 0 Å². The van der Waals surface area contributed by atoms with Crippen molar-refractivity contribution in [2.24, 2.45) is 0 Å². The summed E-state index contributed by atoms with van der Waals surface area (Å²) in [5, 5.41) is 3.86. The lowest BCUT2D eigenvalue weighted by molar-refractivity contribution is 0.128. The second-order valence-corrected chi connectivity index (χ2v) is 10.8. The van der Waals surface area contributed by atoms with Crippen LogP contribution < -0.4 is 5.32 Å². The van der Waals surface area contributed by atoms with Crippen molar-refractivity contribution in [1.29, 1.82) is 0 Å². The first-order chi connectivity index (χ1) is 12.0. The molecule has 5 nitrogen and oxygen atoms in total. The topological polar surface area (TPSA) is 52.6 Å². The Bertz CT molecular complexity index is 481. The molecule has 25 heavy (non-hydrogen) atoms. The highest BCUT2D eigenvalue weighted by Crippen LogP contribution is 2.22. The number of nitrogens with one attached hydrogen (secondary N) is 1. The summed E-state index contributed by atoms with van der Waals surface area (Å²) in [7, 11) is -2.74. The largest absolute Gasteiger partial charge is 0.310 e. The van der Waals surface area contributed by atoms with Crippen LogP contribution in [0.4, 0.5) is 0 Å². The van der Waals surface area contributed by atoms with Crippen molar-refractivity contribution < 1.29 is 8.42 Å². The maximum Gasteiger partial charge on any atom is 0.150 e. The van der Waals surface area contributed by atoms with Crippen LogP contribution in [-0.4, -0.2) is 80.6 Å². The minimum atomic E-state index is -2.74. The lowest BCUT2D eigenvalue weighted by Gasteiger charge is -2.40. The van der Waals surface area contributed by atoms with Crippen LogP contribution in [0.3, 0.4) is 0 Å². The van der Waals surface area contributed by atoms with Crippen molar-refractivity contribution >= 4 is 9.84 Å². The second-order valence-electron chi connectivity index (χ2n) is 8.48. The van der Waals surface area contributed by atoms with Gasteiger partial charge in [0.25, 0.3) is 0 Å². The van der Waals surface area contributed by atoms with E-state index in [1.807, 2.05) is 0 Å². The van der Waals surface area contributed by atoms with Crippen molar-refractivity contribution in [2.45, 2.75) is 76.4 Å². The average molecular weight is 372 g/mol. The summed E-state index contributed by atoms with van der Waals surface area (Å²) in [6.07, 6.45) is 9.61. The molecule has 0 aromatic heterocycles. The molecular formula is C19H37N3O2S. The molecule has 6 heteroatoms. The molecule has 1 N–H and O–H groups in total. The van der Waals surface area contributed by atoms with Gasteiger partial charge in [0.1, 0.15) is 9.84 Å². The Morgan fingerprint density at radius 3 is 2.12 bits per heavy atom. The molecule has 0 aromatic rings. The van der Waals surface area contributed by atoms with Crippen LogP contribution in [0.25, 0.3) is 0 Å². The van der Waals surface area contributed by atoms with E-state index in [0.717, 1.165) is 25.9 Å². The Labute approximate surface area is 154 Å². The van der Waals surface area contributed by atoms with E-state index in [2.05, 4.69) is 22.0 Å². The van der Waals surface area contributed by atoms with Gasteiger partial charge in [-0.15, -0.1) is 0 Å². The molecule has 146 valence electrons. The minimum Gasteiger partial charge on any atom is -0.310 e. The van der Waals surface area contributed by atoms with Gasteiger partial charge in [-0.2, -0.15) is 0 Å². The molecule has 0 aromatic carbocycles. The van der Waals surface area contributed by atoms with E-state index in [4.69, 9.17) is 0 Å². The predicted molar refractivity (Wildman–Crippen MR) is 104 cm³/mol. The SMILES string of the molecule is CC(CN1CCCCCC1)NC1CCN(C2CCS(=O)(=O)CC2)CC1. The van der Waals surface area contributed by atoms with E-state index in [-0.39, 0.29) is 0 Å². The van der Waals surface area contributed by atoms with Gasteiger partial charge in [-0.05, 0) is 71.6 Å². The number of nitrogens with zero attached hydrogens (tertiary/aromatic N) is 2. The fraction of sp³-hybridized carbons (Fsp3) is 1.00. The third-order valence-corrected chi connectivity index (χ3v) is 8.04. The molecule has 0 saturated carbocycles. The molecular weight excluding hydrogens is 334 g/mol. The molecule has 0 radical (unpaired) electrons. The fourth-order valence-electron chi connectivity index (χ4n) is 4.84. The quantitative estimate of drug-likeness (QED) is 0.800. The third-order valence-electron chi connectivity index (χ3n) is 6.32. The zero-order valence-corrected chi connectivity index (χ0v) is 16.8. The van der Waals surface area contributed by atoms with Crippen LogP contribution in [0.1, 0.15) is 58.3 Å². The van der Waals surface area contributed by atoms with Crippen LogP contribution >= 0.6 is 0 Å². The predicted octanol–water partition coefficient (Wildman–Crippen LogP) is 1.88. The highest BCUT2D eigenvalue weighted by molar-refractivity contribution is 7.91. The van der Waals surface area contributed by atoms with E-state index >= 15 is 0 Å². The van der Waals surface area contributed by atoms with E-state index in [1.165, 1.54) is 58.2 Å².